The minimum atomic E-state index is -3.91. The van der Waals surface area contributed by atoms with Crippen molar-refractivity contribution in [3.05, 3.63) is 82.3 Å². The Labute approximate surface area is 167 Å². The van der Waals surface area contributed by atoms with Crippen LogP contribution in [0.3, 0.4) is 0 Å². The Hall–Kier alpha value is -2.46. The van der Waals surface area contributed by atoms with E-state index in [0.29, 0.717) is 5.56 Å². The number of sulfone groups is 1. The van der Waals surface area contributed by atoms with Crippen LogP contribution in [0.4, 0.5) is 0 Å². The Morgan fingerprint density at radius 3 is 2.07 bits per heavy atom. The van der Waals surface area contributed by atoms with Gasteiger partial charge in [0, 0.05) is 0 Å². The second kappa shape index (κ2) is 9.16. The molecule has 0 spiro atoms. The second-order valence-corrected chi connectivity index (χ2v) is 9.23. The molecule has 0 aliphatic heterocycles. The fourth-order valence-electron chi connectivity index (χ4n) is 3.41. The quantitative estimate of drug-likeness (QED) is 0.486. The molecule has 0 amide bonds. The Balaban J connectivity index is 2.04. The molecule has 0 saturated heterocycles. The van der Waals surface area contributed by atoms with Crippen LogP contribution >= 0.6 is 0 Å². The molecule has 0 heterocycles. The van der Waals surface area contributed by atoms with Gasteiger partial charge in [-0.2, -0.15) is 0 Å². The maximum atomic E-state index is 13.3. The second-order valence-electron chi connectivity index (χ2n) is 7.32. The van der Waals surface area contributed by atoms with Crippen molar-refractivity contribution in [2.45, 2.75) is 50.3 Å². The molecule has 0 unspecified atom stereocenters. The number of carbonyl (C=O) groups excluding carboxylic acids is 1. The molecule has 3 rings (SSSR count). The highest BCUT2D eigenvalue weighted by Gasteiger charge is 2.26. The van der Waals surface area contributed by atoms with E-state index in [2.05, 4.69) is 0 Å². The molecule has 1 fully saturated rings. The lowest BCUT2D eigenvalue weighted by Gasteiger charge is -2.09. The van der Waals surface area contributed by atoms with Crippen LogP contribution in [0.2, 0.25) is 0 Å². The van der Waals surface area contributed by atoms with Gasteiger partial charge in [0.25, 0.3) is 0 Å². The molecule has 0 aromatic heterocycles. The van der Waals surface area contributed by atoms with Gasteiger partial charge in [-0.15, -0.1) is 0 Å². The molecule has 0 radical (unpaired) electrons. The topological polar surface area (TPSA) is 51.2 Å². The van der Waals surface area contributed by atoms with Crippen LogP contribution in [0.1, 0.15) is 49.7 Å². The predicted octanol–water partition coefficient (Wildman–Crippen LogP) is 5.66. The van der Waals surface area contributed by atoms with Crippen molar-refractivity contribution in [2.75, 3.05) is 0 Å². The summed E-state index contributed by atoms with van der Waals surface area (Å²) in [5.74, 6) is -0.429. The van der Waals surface area contributed by atoms with E-state index in [1.165, 1.54) is 18.9 Å². The van der Waals surface area contributed by atoms with Crippen LogP contribution in [0.5, 0.6) is 0 Å². The Morgan fingerprint density at radius 2 is 1.46 bits per heavy atom. The maximum Gasteiger partial charge on any atom is 0.210 e. The van der Waals surface area contributed by atoms with Crippen molar-refractivity contribution < 1.29 is 13.2 Å². The van der Waals surface area contributed by atoms with Crippen molar-refractivity contribution in [1.29, 1.82) is 0 Å². The van der Waals surface area contributed by atoms with E-state index in [1.807, 2.05) is 25.1 Å². The monoisotopic (exact) mass is 394 g/mol. The minimum absolute atomic E-state index is 0.146. The zero-order chi connectivity index (χ0) is 20.0. The molecule has 4 heteroatoms. The van der Waals surface area contributed by atoms with Gasteiger partial charge in [-0.1, -0.05) is 66.4 Å². The first-order valence-corrected chi connectivity index (χ1v) is 11.3. The Bertz CT molecular complexity index is 972. The number of ketones is 1. The summed E-state index contributed by atoms with van der Waals surface area (Å²) in [4.78, 5) is 13.1. The SMILES string of the molecule is Cc1ccc(S(=O)(=O)/C(=C/c2ccccc2)C(=O)C=C2CCCCCC2)cc1. The predicted molar refractivity (Wildman–Crippen MR) is 114 cm³/mol. The van der Waals surface area contributed by atoms with Crippen molar-refractivity contribution in [3.8, 4) is 0 Å². The van der Waals surface area contributed by atoms with Gasteiger partial charge < -0.3 is 0 Å². The third-order valence-electron chi connectivity index (χ3n) is 5.04. The number of rotatable bonds is 5. The molecule has 0 bridgehead atoms. The average Bonchev–Trinajstić information content (AvgIpc) is 2.95. The van der Waals surface area contributed by atoms with E-state index >= 15 is 0 Å². The molecule has 0 N–H and O–H groups in total. The average molecular weight is 395 g/mol. The molecule has 1 aliphatic carbocycles. The van der Waals surface area contributed by atoms with E-state index in [4.69, 9.17) is 0 Å². The van der Waals surface area contributed by atoms with E-state index < -0.39 is 15.6 Å². The maximum absolute atomic E-state index is 13.3. The van der Waals surface area contributed by atoms with Crippen LogP contribution in [-0.4, -0.2) is 14.2 Å². The molecule has 3 nitrogen and oxygen atoms in total. The lowest BCUT2D eigenvalue weighted by Crippen LogP contribution is -2.13. The molecular formula is C24H26O3S. The summed E-state index contributed by atoms with van der Waals surface area (Å²) in [5.41, 5.74) is 2.72. The molecule has 1 aliphatic rings. The van der Waals surface area contributed by atoms with Gasteiger partial charge in [0.1, 0.15) is 4.91 Å². The number of hydrogen-bond acceptors (Lipinski definition) is 3. The minimum Gasteiger partial charge on any atom is -0.288 e. The first-order chi connectivity index (χ1) is 13.5. The van der Waals surface area contributed by atoms with E-state index in [0.717, 1.165) is 36.8 Å². The highest BCUT2D eigenvalue weighted by molar-refractivity contribution is 7.96. The summed E-state index contributed by atoms with van der Waals surface area (Å²) in [6.07, 6.45) is 9.24. The van der Waals surface area contributed by atoms with Crippen LogP contribution in [0.25, 0.3) is 6.08 Å². The van der Waals surface area contributed by atoms with Crippen molar-refractivity contribution in [2.24, 2.45) is 0 Å². The molecule has 1 saturated carbocycles. The number of allylic oxidation sites excluding steroid dienone is 3. The van der Waals surface area contributed by atoms with Gasteiger partial charge in [0.2, 0.25) is 9.84 Å². The molecule has 28 heavy (non-hydrogen) atoms. The largest absolute Gasteiger partial charge is 0.288 e. The molecule has 146 valence electrons. The number of hydrogen-bond donors (Lipinski definition) is 0. The standard InChI is InChI=1S/C24H26O3S/c1-19-13-15-22(16-14-19)28(26,27)24(18-21-11-7-4-8-12-21)23(25)17-20-9-5-2-3-6-10-20/h4,7-8,11-18H,2-3,5-6,9-10H2,1H3/b24-18+. The lowest BCUT2D eigenvalue weighted by atomic mass is 10.1. The van der Waals surface area contributed by atoms with Gasteiger partial charge in [-0.25, -0.2) is 8.42 Å². The first kappa shape index (κ1) is 20.3. The van der Waals surface area contributed by atoms with Gasteiger partial charge in [0.15, 0.2) is 5.78 Å². The van der Waals surface area contributed by atoms with Crippen molar-refractivity contribution >= 4 is 21.7 Å². The van der Waals surface area contributed by atoms with Crippen molar-refractivity contribution in [3.63, 3.8) is 0 Å². The van der Waals surface area contributed by atoms with E-state index in [9.17, 15) is 13.2 Å². The Kier molecular flexibility index (Phi) is 6.63. The van der Waals surface area contributed by atoms with E-state index in [1.54, 1.807) is 42.5 Å². The van der Waals surface area contributed by atoms with Gasteiger partial charge >= 0.3 is 0 Å². The fraction of sp³-hybridized carbons (Fsp3) is 0.292. The summed E-state index contributed by atoms with van der Waals surface area (Å²) >= 11 is 0. The van der Waals surface area contributed by atoms with Crippen LogP contribution in [0.15, 0.2) is 76.0 Å². The number of aryl methyl sites for hydroxylation is 1. The highest BCUT2D eigenvalue weighted by atomic mass is 32.2. The van der Waals surface area contributed by atoms with Gasteiger partial charge in [-0.3, -0.25) is 4.79 Å². The van der Waals surface area contributed by atoms with Crippen LogP contribution in [-0.2, 0) is 14.6 Å². The molecule has 0 atom stereocenters. The number of carbonyl (C=O) groups is 1. The summed E-state index contributed by atoms with van der Waals surface area (Å²) in [5, 5.41) is 0. The summed E-state index contributed by atoms with van der Waals surface area (Å²) in [6.45, 7) is 1.90. The summed E-state index contributed by atoms with van der Waals surface area (Å²) in [7, 11) is -3.91. The first-order valence-electron chi connectivity index (χ1n) is 9.79. The molecular weight excluding hydrogens is 368 g/mol. The van der Waals surface area contributed by atoms with Crippen LogP contribution in [0, 0.1) is 6.92 Å². The fourth-order valence-corrected chi connectivity index (χ4v) is 4.77. The molecule has 2 aromatic carbocycles. The lowest BCUT2D eigenvalue weighted by molar-refractivity contribution is -0.110. The summed E-state index contributed by atoms with van der Waals surface area (Å²) < 4.78 is 26.6. The molecule has 2 aromatic rings. The third-order valence-corrected chi connectivity index (χ3v) is 6.83. The van der Waals surface area contributed by atoms with E-state index in [-0.39, 0.29) is 9.80 Å². The smallest absolute Gasteiger partial charge is 0.210 e. The highest BCUT2D eigenvalue weighted by Crippen LogP contribution is 2.26. The zero-order valence-corrected chi connectivity index (χ0v) is 17.0. The zero-order valence-electron chi connectivity index (χ0n) is 16.2. The number of benzene rings is 2. The third kappa shape index (κ3) is 5.08. The van der Waals surface area contributed by atoms with Crippen molar-refractivity contribution in [1.82, 2.24) is 0 Å². The normalized spacial score (nSPS) is 15.8. The van der Waals surface area contributed by atoms with Crippen LogP contribution < -0.4 is 0 Å². The summed E-state index contributed by atoms with van der Waals surface area (Å²) in [6, 6.07) is 15.8. The Morgan fingerprint density at radius 1 is 0.857 bits per heavy atom. The van der Waals surface area contributed by atoms with Gasteiger partial charge in [-0.05, 0) is 62.5 Å². The van der Waals surface area contributed by atoms with Gasteiger partial charge in [0.05, 0.1) is 4.90 Å².